The third kappa shape index (κ3) is 3.20. The van der Waals surface area contributed by atoms with Gasteiger partial charge in [0.15, 0.2) is 0 Å². The summed E-state index contributed by atoms with van der Waals surface area (Å²) < 4.78 is 3.94. The maximum atomic E-state index is 4.44. The predicted octanol–water partition coefficient (Wildman–Crippen LogP) is 1.35. The Morgan fingerprint density at radius 1 is 1.21 bits per heavy atom. The summed E-state index contributed by atoms with van der Waals surface area (Å²) in [6, 6.07) is 0. The van der Waals surface area contributed by atoms with Crippen LogP contribution >= 0.6 is 0 Å². The molecule has 1 N–H and O–H groups in total. The molecule has 6 heteroatoms. The minimum Gasteiger partial charge on any atom is -0.313 e. The summed E-state index contributed by atoms with van der Waals surface area (Å²) in [5.41, 5.74) is 2.43. The lowest BCUT2D eigenvalue weighted by Crippen LogP contribution is -2.14. The zero-order valence-electron chi connectivity index (χ0n) is 11.9. The molecule has 2 aromatic rings. The van der Waals surface area contributed by atoms with E-state index >= 15 is 0 Å². The van der Waals surface area contributed by atoms with Gasteiger partial charge in [-0.05, 0) is 19.9 Å². The summed E-state index contributed by atoms with van der Waals surface area (Å²) in [5.74, 6) is 0.961. The molecule has 104 valence electrons. The molecule has 2 rings (SSSR count). The van der Waals surface area contributed by atoms with Crippen LogP contribution < -0.4 is 5.32 Å². The van der Waals surface area contributed by atoms with Crippen molar-refractivity contribution in [3.05, 3.63) is 29.6 Å². The molecule has 0 aliphatic carbocycles. The first kappa shape index (κ1) is 13.7. The fourth-order valence-corrected chi connectivity index (χ4v) is 2.02. The van der Waals surface area contributed by atoms with Gasteiger partial charge in [0.25, 0.3) is 0 Å². The SMILES string of the molecule is CCCn1ncnc1Cn1ncc(CNCC)c1C. The second-order valence-corrected chi connectivity index (χ2v) is 4.59. The van der Waals surface area contributed by atoms with Crippen LogP contribution in [0.2, 0.25) is 0 Å². The topological polar surface area (TPSA) is 60.6 Å². The van der Waals surface area contributed by atoms with Crippen molar-refractivity contribution in [3.8, 4) is 0 Å². The second-order valence-electron chi connectivity index (χ2n) is 4.59. The zero-order chi connectivity index (χ0) is 13.7. The Morgan fingerprint density at radius 3 is 2.79 bits per heavy atom. The number of hydrogen-bond acceptors (Lipinski definition) is 4. The number of nitrogens with one attached hydrogen (secondary N) is 1. The van der Waals surface area contributed by atoms with Gasteiger partial charge in [-0.15, -0.1) is 0 Å². The lowest BCUT2D eigenvalue weighted by atomic mass is 10.2. The Bertz CT molecular complexity index is 513. The van der Waals surface area contributed by atoms with Crippen LogP contribution in [-0.4, -0.2) is 31.1 Å². The molecule has 0 saturated heterocycles. The molecule has 0 amide bonds. The Morgan fingerprint density at radius 2 is 2.05 bits per heavy atom. The van der Waals surface area contributed by atoms with Crippen LogP contribution in [-0.2, 0) is 19.6 Å². The number of nitrogens with zero attached hydrogens (tertiary/aromatic N) is 5. The highest BCUT2D eigenvalue weighted by atomic mass is 15.4. The summed E-state index contributed by atoms with van der Waals surface area (Å²) >= 11 is 0. The first-order valence-corrected chi connectivity index (χ1v) is 6.84. The molecule has 0 aliphatic rings. The van der Waals surface area contributed by atoms with E-state index in [0.29, 0.717) is 6.54 Å². The molecule has 0 aliphatic heterocycles. The first-order valence-electron chi connectivity index (χ1n) is 6.84. The van der Waals surface area contributed by atoms with E-state index in [4.69, 9.17) is 0 Å². The van der Waals surface area contributed by atoms with E-state index in [0.717, 1.165) is 31.9 Å². The van der Waals surface area contributed by atoms with Crippen molar-refractivity contribution in [2.24, 2.45) is 0 Å². The molecule has 6 nitrogen and oxygen atoms in total. The van der Waals surface area contributed by atoms with Crippen LogP contribution in [0.5, 0.6) is 0 Å². The van der Waals surface area contributed by atoms with Gasteiger partial charge in [-0.25, -0.2) is 9.67 Å². The third-order valence-electron chi connectivity index (χ3n) is 3.19. The molecular formula is C13H22N6. The maximum Gasteiger partial charge on any atom is 0.148 e. The first-order chi connectivity index (χ1) is 9.26. The molecule has 0 fully saturated rings. The number of hydrogen-bond donors (Lipinski definition) is 1. The van der Waals surface area contributed by atoms with Crippen molar-refractivity contribution in [2.45, 2.75) is 46.8 Å². The average molecular weight is 262 g/mol. The second kappa shape index (κ2) is 6.47. The largest absolute Gasteiger partial charge is 0.313 e. The predicted molar refractivity (Wildman–Crippen MR) is 73.8 cm³/mol. The van der Waals surface area contributed by atoms with E-state index < -0.39 is 0 Å². The van der Waals surface area contributed by atoms with Crippen LogP contribution in [0.15, 0.2) is 12.5 Å². The summed E-state index contributed by atoms with van der Waals surface area (Å²) in [5, 5.41) is 12.0. The summed E-state index contributed by atoms with van der Waals surface area (Å²) in [7, 11) is 0. The van der Waals surface area contributed by atoms with Gasteiger partial charge < -0.3 is 5.32 Å². The van der Waals surface area contributed by atoms with Gasteiger partial charge in [-0.3, -0.25) is 4.68 Å². The van der Waals surface area contributed by atoms with E-state index in [1.54, 1.807) is 6.33 Å². The molecule has 0 aromatic carbocycles. The van der Waals surface area contributed by atoms with Crippen molar-refractivity contribution in [1.82, 2.24) is 29.9 Å². The molecule has 0 bridgehead atoms. The van der Waals surface area contributed by atoms with Crippen LogP contribution in [0.3, 0.4) is 0 Å². The number of aryl methyl sites for hydroxylation is 1. The van der Waals surface area contributed by atoms with Gasteiger partial charge >= 0.3 is 0 Å². The summed E-state index contributed by atoms with van der Waals surface area (Å²) in [6.45, 7) is 9.75. The van der Waals surface area contributed by atoms with Gasteiger partial charge in [-0.1, -0.05) is 13.8 Å². The highest BCUT2D eigenvalue weighted by molar-refractivity contribution is 5.16. The van der Waals surface area contributed by atoms with Crippen LogP contribution in [0, 0.1) is 6.92 Å². The normalized spacial score (nSPS) is 11.1. The van der Waals surface area contributed by atoms with Crippen LogP contribution in [0.25, 0.3) is 0 Å². The Labute approximate surface area is 113 Å². The van der Waals surface area contributed by atoms with Gasteiger partial charge in [0.05, 0.1) is 6.20 Å². The fourth-order valence-electron chi connectivity index (χ4n) is 2.02. The molecule has 0 unspecified atom stereocenters. The van der Waals surface area contributed by atoms with Crippen molar-refractivity contribution in [3.63, 3.8) is 0 Å². The molecule has 0 atom stereocenters. The van der Waals surface area contributed by atoms with Crippen LogP contribution in [0.4, 0.5) is 0 Å². The van der Waals surface area contributed by atoms with Gasteiger partial charge in [0.1, 0.15) is 18.7 Å². The lowest BCUT2D eigenvalue weighted by Gasteiger charge is -2.07. The Kier molecular flexibility index (Phi) is 4.68. The average Bonchev–Trinajstić information content (AvgIpc) is 2.98. The fraction of sp³-hybridized carbons (Fsp3) is 0.615. The van der Waals surface area contributed by atoms with Crippen molar-refractivity contribution in [2.75, 3.05) is 6.54 Å². The van der Waals surface area contributed by atoms with E-state index in [2.05, 4.69) is 41.3 Å². The standard InChI is InChI=1S/C13H22N6/c1-4-6-18-13(15-10-17-18)9-19-11(3)12(8-16-19)7-14-5-2/h8,10,14H,4-7,9H2,1-3H3. The van der Waals surface area contributed by atoms with Gasteiger partial charge in [0.2, 0.25) is 0 Å². The van der Waals surface area contributed by atoms with Crippen molar-refractivity contribution >= 4 is 0 Å². The highest BCUT2D eigenvalue weighted by Crippen LogP contribution is 2.09. The smallest absolute Gasteiger partial charge is 0.148 e. The van der Waals surface area contributed by atoms with E-state index in [-0.39, 0.29) is 0 Å². The van der Waals surface area contributed by atoms with Gasteiger partial charge in [0, 0.05) is 24.3 Å². The summed E-state index contributed by atoms with van der Waals surface area (Å²) in [4.78, 5) is 4.32. The molecular weight excluding hydrogens is 240 g/mol. The lowest BCUT2D eigenvalue weighted by molar-refractivity contribution is 0.534. The van der Waals surface area contributed by atoms with E-state index in [1.807, 2.05) is 15.6 Å². The van der Waals surface area contributed by atoms with E-state index in [1.165, 1.54) is 11.3 Å². The van der Waals surface area contributed by atoms with Crippen molar-refractivity contribution in [1.29, 1.82) is 0 Å². The minimum atomic E-state index is 0.679. The zero-order valence-corrected chi connectivity index (χ0v) is 11.9. The molecule has 2 heterocycles. The number of rotatable bonds is 7. The van der Waals surface area contributed by atoms with E-state index in [9.17, 15) is 0 Å². The number of aromatic nitrogens is 5. The molecule has 0 spiro atoms. The Balaban J connectivity index is 2.10. The molecule has 19 heavy (non-hydrogen) atoms. The van der Waals surface area contributed by atoms with Gasteiger partial charge in [-0.2, -0.15) is 10.2 Å². The minimum absolute atomic E-state index is 0.679. The maximum absolute atomic E-state index is 4.44. The Hall–Kier alpha value is -1.69. The quantitative estimate of drug-likeness (QED) is 0.818. The molecule has 0 radical (unpaired) electrons. The molecule has 0 saturated carbocycles. The molecule has 2 aromatic heterocycles. The highest BCUT2D eigenvalue weighted by Gasteiger charge is 2.09. The third-order valence-corrected chi connectivity index (χ3v) is 3.19. The monoisotopic (exact) mass is 262 g/mol. The van der Waals surface area contributed by atoms with Crippen molar-refractivity contribution < 1.29 is 0 Å². The van der Waals surface area contributed by atoms with Crippen LogP contribution in [0.1, 0.15) is 37.4 Å². The summed E-state index contributed by atoms with van der Waals surface area (Å²) in [6.07, 6.45) is 4.60.